The second-order valence-electron chi connectivity index (χ2n) is 6.00. The first kappa shape index (κ1) is 17.1. The summed E-state index contributed by atoms with van der Waals surface area (Å²) in [5.74, 6) is 1.40. The Morgan fingerprint density at radius 3 is 2.48 bits per heavy atom. The van der Waals surface area contributed by atoms with E-state index in [0.717, 1.165) is 23.3 Å². The van der Waals surface area contributed by atoms with E-state index in [-0.39, 0.29) is 12.1 Å². The van der Waals surface area contributed by atoms with Crippen molar-refractivity contribution >= 4 is 6.03 Å². The minimum absolute atomic E-state index is 0.0446. The van der Waals surface area contributed by atoms with Gasteiger partial charge >= 0.3 is 6.03 Å². The molecule has 0 saturated carbocycles. The quantitative estimate of drug-likeness (QED) is 0.928. The lowest BCUT2D eigenvalue weighted by Crippen LogP contribution is -2.46. The molecular weight excluding hydrogens is 316 g/mol. The summed E-state index contributed by atoms with van der Waals surface area (Å²) in [5, 5.41) is 2.93. The highest BCUT2D eigenvalue weighted by Gasteiger charge is 2.33. The normalized spacial score (nSPS) is 16.1. The first-order chi connectivity index (χ1) is 12.2. The molecule has 0 aromatic heterocycles. The van der Waals surface area contributed by atoms with Crippen molar-refractivity contribution in [2.45, 2.75) is 19.4 Å². The highest BCUT2D eigenvalue weighted by atomic mass is 16.5. The predicted octanol–water partition coefficient (Wildman–Crippen LogP) is 3.38. The van der Waals surface area contributed by atoms with Gasteiger partial charge in [-0.2, -0.15) is 0 Å². The molecule has 1 unspecified atom stereocenters. The molecule has 1 aliphatic heterocycles. The summed E-state index contributed by atoms with van der Waals surface area (Å²) in [7, 11) is 3.27. The first-order valence-electron chi connectivity index (χ1n) is 8.53. The van der Waals surface area contributed by atoms with Gasteiger partial charge in [-0.1, -0.05) is 30.3 Å². The Morgan fingerprint density at radius 1 is 1.16 bits per heavy atom. The van der Waals surface area contributed by atoms with Crippen molar-refractivity contribution in [3.63, 3.8) is 0 Å². The lowest BCUT2D eigenvalue weighted by Gasteiger charge is -2.38. The fraction of sp³-hybridized carbons (Fsp3) is 0.350. The Bertz CT molecular complexity index is 746. The fourth-order valence-electron chi connectivity index (χ4n) is 3.41. The number of nitrogens with zero attached hydrogens (tertiary/aromatic N) is 1. The Morgan fingerprint density at radius 2 is 1.84 bits per heavy atom. The van der Waals surface area contributed by atoms with Gasteiger partial charge in [-0.3, -0.25) is 0 Å². The van der Waals surface area contributed by atoms with E-state index in [2.05, 4.69) is 17.4 Å². The van der Waals surface area contributed by atoms with Gasteiger partial charge < -0.3 is 19.7 Å². The highest BCUT2D eigenvalue weighted by Crippen LogP contribution is 2.40. The maximum absolute atomic E-state index is 12.6. The maximum Gasteiger partial charge on any atom is 0.318 e. The number of hydrogen-bond acceptors (Lipinski definition) is 3. The summed E-state index contributed by atoms with van der Waals surface area (Å²) in [6.07, 6.45) is 0.788. The van der Waals surface area contributed by atoms with Gasteiger partial charge in [-0.05, 0) is 42.2 Å². The third-order valence-electron chi connectivity index (χ3n) is 4.58. The lowest BCUT2D eigenvalue weighted by atomic mass is 9.88. The van der Waals surface area contributed by atoms with Gasteiger partial charge in [0, 0.05) is 13.1 Å². The molecule has 5 nitrogen and oxygen atoms in total. The topological polar surface area (TPSA) is 50.8 Å². The molecule has 1 N–H and O–H groups in total. The van der Waals surface area contributed by atoms with Crippen LogP contribution in [-0.4, -0.2) is 38.2 Å². The second-order valence-corrected chi connectivity index (χ2v) is 6.00. The van der Waals surface area contributed by atoms with Crippen molar-refractivity contribution in [3.05, 3.63) is 59.2 Å². The number of carbonyl (C=O) groups excluding carboxylic acids is 1. The molecule has 1 heterocycles. The Kier molecular flexibility index (Phi) is 5.12. The van der Waals surface area contributed by atoms with Crippen molar-refractivity contribution in [1.29, 1.82) is 0 Å². The van der Waals surface area contributed by atoms with Crippen molar-refractivity contribution < 1.29 is 14.3 Å². The van der Waals surface area contributed by atoms with Gasteiger partial charge in [0.1, 0.15) is 0 Å². The minimum atomic E-state index is -0.142. The van der Waals surface area contributed by atoms with Crippen LogP contribution in [0.25, 0.3) is 0 Å². The molecule has 25 heavy (non-hydrogen) atoms. The Labute approximate surface area is 148 Å². The van der Waals surface area contributed by atoms with E-state index in [9.17, 15) is 4.79 Å². The number of methoxy groups -OCH3 is 2. The number of fused-ring (bicyclic) bond motifs is 1. The molecule has 0 fully saturated rings. The van der Waals surface area contributed by atoms with E-state index in [1.54, 1.807) is 14.2 Å². The summed E-state index contributed by atoms with van der Waals surface area (Å²) in [5.41, 5.74) is 3.36. The molecule has 3 rings (SSSR count). The number of amides is 2. The third-order valence-corrected chi connectivity index (χ3v) is 4.58. The van der Waals surface area contributed by atoms with Crippen LogP contribution in [0.15, 0.2) is 42.5 Å². The molecule has 2 aromatic carbocycles. The van der Waals surface area contributed by atoms with Gasteiger partial charge in [0.15, 0.2) is 11.5 Å². The standard InChI is InChI=1S/C20H24N2O3/c1-4-21-20(23)22-11-10-15-12-17(24-2)18(25-3)13-16(15)19(22)14-8-6-5-7-9-14/h5-9,12-13,19H,4,10-11H2,1-3H3,(H,21,23). The van der Waals surface area contributed by atoms with E-state index >= 15 is 0 Å². The number of hydrogen-bond donors (Lipinski definition) is 1. The molecule has 1 aliphatic rings. The third kappa shape index (κ3) is 3.27. The van der Waals surface area contributed by atoms with Crippen LogP contribution < -0.4 is 14.8 Å². The number of benzene rings is 2. The molecule has 1 atom stereocenters. The van der Waals surface area contributed by atoms with Crippen molar-refractivity contribution in [2.24, 2.45) is 0 Å². The molecule has 0 bridgehead atoms. The van der Waals surface area contributed by atoms with Crippen molar-refractivity contribution in [3.8, 4) is 11.5 Å². The summed E-state index contributed by atoms with van der Waals surface area (Å²) in [4.78, 5) is 14.5. The average molecular weight is 340 g/mol. The fourth-order valence-corrected chi connectivity index (χ4v) is 3.41. The maximum atomic E-state index is 12.6. The molecule has 0 saturated heterocycles. The second kappa shape index (κ2) is 7.47. The summed E-state index contributed by atoms with van der Waals surface area (Å²) in [6.45, 7) is 3.20. The summed E-state index contributed by atoms with van der Waals surface area (Å²) in [6, 6.07) is 13.9. The summed E-state index contributed by atoms with van der Waals surface area (Å²) >= 11 is 0. The summed E-state index contributed by atoms with van der Waals surface area (Å²) < 4.78 is 10.9. The van der Waals surface area contributed by atoms with E-state index < -0.39 is 0 Å². The SMILES string of the molecule is CCNC(=O)N1CCc2cc(OC)c(OC)cc2C1c1ccccc1. The van der Waals surface area contributed by atoms with Gasteiger partial charge in [0.05, 0.1) is 20.3 Å². The molecular formula is C20H24N2O3. The van der Waals surface area contributed by atoms with Gasteiger partial charge in [-0.15, -0.1) is 0 Å². The van der Waals surface area contributed by atoms with E-state index in [0.29, 0.717) is 18.8 Å². The largest absolute Gasteiger partial charge is 0.493 e. The average Bonchev–Trinajstić information content (AvgIpc) is 2.66. The van der Waals surface area contributed by atoms with Gasteiger partial charge in [0.25, 0.3) is 0 Å². The lowest BCUT2D eigenvalue weighted by molar-refractivity contribution is 0.180. The predicted molar refractivity (Wildman–Crippen MR) is 97.3 cm³/mol. The molecule has 0 radical (unpaired) electrons. The van der Waals surface area contributed by atoms with Gasteiger partial charge in [-0.25, -0.2) is 4.79 Å². The monoisotopic (exact) mass is 340 g/mol. The van der Waals surface area contributed by atoms with E-state index in [1.807, 2.05) is 42.2 Å². The van der Waals surface area contributed by atoms with E-state index in [4.69, 9.17) is 9.47 Å². The molecule has 2 aromatic rings. The number of ether oxygens (including phenoxy) is 2. The molecule has 5 heteroatoms. The van der Waals surface area contributed by atoms with Crippen LogP contribution in [0.3, 0.4) is 0 Å². The van der Waals surface area contributed by atoms with Crippen LogP contribution in [0, 0.1) is 0 Å². The van der Waals surface area contributed by atoms with Crippen LogP contribution in [0.1, 0.15) is 29.7 Å². The first-order valence-corrected chi connectivity index (χ1v) is 8.53. The van der Waals surface area contributed by atoms with Crippen LogP contribution in [0.4, 0.5) is 4.79 Å². The Hall–Kier alpha value is -2.69. The van der Waals surface area contributed by atoms with Crippen molar-refractivity contribution in [1.82, 2.24) is 10.2 Å². The van der Waals surface area contributed by atoms with Crippen LogP contribution >= 0.6 is 0 Å². The van der Waals surface area contributed by atoms with Crippen molar-refractivity contribution in [2.75, 3.05) is 27.3 Å². The van der Waals surface area contributed by atoms with Crippen LogP contribution in [0.2, 0.25) is 0 Å². The van der Waals surface area contributed by atoms with Crippen LogP contribution in [0.5, 0.6) is 11.5 Å². The smallest absolute Gasteiger partial charge is 0.318 e. The Balaban J connectivity index is 2.12. The number of urea groups is 1. The number of rotatable bonds is 4. The molecule has 2 amide bonds. The molecule has 0 aliphatic carbocycles. The zero-order valence-electron chi connectivity index (χ0n) is 14.9. The minimum Gasteiger partial charge on any atom is -0.493 e. The van der Waals surface area contributed by atoms with Gasteiger partial charge in [0.2, 0.25) is 0 Å². The molecule has 132 valence electrons. The zero-order chi connectivity index (χ0) is 17.8. The van der Waals surface area contributed by atoms with E-state index in [1.165, 1.54) is 5.56 Å². The van der Waals surface area contributed by atoms with Crippen LogP contribution in [-0.2, 0) is 6.42 Å². The number of carbonyl (C=O) groups is 1. The highest BCUT2D eigenvalue weighted by molar-refractivity contribution is 5.76. The zero-order valence-corrected chi connectivity index (χ0v) is 14.9. The number of nitrogens with one attached hydrogen (secondary N) is 1. The molecule has 0 spiro atoms.